The van der Waals surface area contributed by atoms with E-state index < -0.39 is 0 Å². The van der Waals surface area contributed by atoms with Gasteiger partial charge in [0.25, 0.3) is 0 Å². The van der Waals surface area contributed by atoms with Gasteiger partial charge in [0.15, 0.2) is 0 Å². The zero-order valence-corrected chi connectivity index (χ0v) is 9.47. The van der Waals surface area contributed by atoms with E-state index in [1.54, 1.807) is 18.1 Å². The first-order chi connectivity index (χ1) is 7.68. The number of anilines is 1. The molecule has 0 saturated heterocycles. The zero-order chi connectivity index (χ0) is 11.5. The molecule has 2 rings (SSSR count). The van der Waals surface area contributed by atoms with Crippen LogP contribution < -0.4 is 10.6 Å². The summed E-state index contributed by atoms with van der Waals surface area (Å²) >= 11 is 0. The Morgan fingerprint density at radius 3 is 2.94 bits per heavy atom. The summed E-state index contributed by atoms with van der Waals surface area (Å²) in [4.78, 5) is 17.6. The van der Waals surface area contributed by atoms with Gasteiger partial charge in [0, 0.05) is 25.7 Å². The Kier molecular flexibility index (Phi) is 3.19. The summed E-state index contributed by atoms with van der Waals surface area (Å²) in [6.07, 6.45) is 4.43. The van der Waals surface area contributed by atoms with Crippen molar-refractivity contribution in [3.8, 4) is 0 Å². The summed E-state index contributed by atoms with van der Waals surface area (Å²) in [6, 6.07) is 5.53. The molecule has 1 saturated carbocycles. The second-order valence-corrected chi connectivity index (χ2v) is 4.35. The van der Waals surface area contributed by atoms with Gasteiger partial charge in [-0.05, 0) is 30.9 Å². The number of carbonyl (C=O) groups excluding carboxylic acids is 1. The van der Waals surface area contributed by atoms with E-state index in [1.165, 1.54) is 12.8 Å². The first kappa shape index (κ1) is 11.1. The number of carbonyl (C=O) groups is 1. The van der Waals surface area contributed by atoms with Crippen molar-refractivity contribution in [3.63, 3.8) is 0 Å². The van der Waals surface area contributed by atoms with Crippen molar-refractivity contribution in [2.24, 2.45) is 11.7 Å². The summed E-state index contributed by atoms with van der Waals surface area (Å²) in [5.74, 6) is 1.27. The molecule has 0 radical (unpaired) electrons. The Balaban J connectivity index is 1.93. The highest BCUT2D eigenvalue weighted by Crippen LogP contribution is 2.33. The minimum atomic E-state index is 0.0127. The summed E-state index contributed by atoms with van der Waals surface area (Å²) in [7, 11) is 1.74. The molecule has 0 spiro atoms. The van der Waals surface area contributed by atoms with Crippen molar-refractivity contribution in [1.29, 1.82) is 0 Å². The quantitative estimate of drug-likeness (QED) is 0.827. The molecule has 1 aromatic heterocycles. The van der Waals surface area contributed by atoms with Crippen LogP contribution in [-0.2, 0) is 4.79 Å². The van der Waals surface area contributed by atoms with Gasteiger partial charge in [-0.15, -0.1) is 0 Å². The van der Waals surface area contributed by atoms with Crippen LogP contribution in [0.4, 0.5) is 5.82 Å². The molecule has 1 amide bonds. The van der Waals surface area contributed by atoms with Crippen LogP contribution in [0.1, 0.15) is 19.3 Å². The maximum atomic E-state index is 11.9. The molecule has 0 aliphatic heterocycles. The van der Waals surface area contributed by atoms with Gasteiger partial charge in [0.2, 0.25) is 5.91 Å². The van der Waals surface area contributed by atoms with Crippen molar-refractivity contribution < 1.29 is 4.79 Å². The molecule has 1 unspecified atom stereocenters. The van der Waals surface area contributed by atoms with Crippen LogP contribution in [0, 0.1) is 5.92 Å². The molecular formula is C12H17N3O. The molecule has 16 heavy (non-hydrogen) atoms. The van der Waals surface area contributed by atoms with Gasteiger partial charge in [-0.1, -0.05) is 6.07 Å². The van der Waals surface area contributed by atoms with Crippen LogP contribution in [0.15, 0.2) is 24.4 Å². The van der Waals surface area contributed by atoms with Crippen LogP contribution in [0.5, 0.6) is 0 Å². The van der Waals surface area contributed by atoms with Crippen molar-refractivity contribution in [2.45, 2.75) is 25.3 Å². The molecule has 4 nitrogen and oxygen atoms in total. The van der Waals surface area contributed by atoms with E-state index in [9.17, 15) is 4.79 Å². The van der Waals surface area contributed by atoms with E-state index in [1.807, 2.05) is 18.2 Å². The van der Waals surface area contributed by atoms with Gasteiger partial charge in [0.1, 0.15) is 5.82 Å². The van der Waals surface area contributed by atoms with E-state index in [0.29, 0.717) is 18.2 Å². The highest BCUT2D eigenvalue weighted by Gasteiger charge is 2.30. The number of amides is 1. The number of nitrogens with two attached hydrogens (primary N) is 1. The van der Waals surface area contributed by atoms with E-state index in [0.717, 1.165) is 0 Å². The Labute approximate surface area is 95.5 Å². The third-order valence-corrected chi connectivity index (χ3v) is 3.00. The smallest absolute Gasteiger partial charge is 0.229 e. The fraction of sp³-hybridized carbons (Fsp3) is 0.500. The second-order valence-electron chi connectivity index (χ2n) is 4.35. The zero-order valence-electron chi connectivity index (χ0n) is 9.47. The number of hydrogen-bond acceptors (Lipinski definition) is 3. The number of nitrogens with zero attached hydrogens (tertiary/aromatic N) is 2. The summed E-state index contributed by atoms with van der Waals surface area (Å²) in [5.41, 5.74) is 5.93. The second kappa shape index (κ2) is 4.61. The third-order valence-electron chi connectivity index (χ3n) is 3.00. The van der Waals surface area contributed by atoms with Crippen molar-refractivity contribution in [2.75, 3.05) is 11.9 Å². The molecule has 1 aromatic rings. The van der Waals surface area contributed by atoms with Crippen molar-refractivity contribution in [3.05, 3.63) is 24.4 Å². The lowest BCUT2D eigenvalue weighted by atomic mass is 10.1. The predicted octanol–water partition coefficient (Wildman–Crippen LogP) is 1.17. The average molecular weight is 219 g/mol. The molecule has 1 heterocycles. The minimum Gasteiger partial charge on any atom is -0.327 e. The first-order valence-corrected chi connectivity index (χ1v) is 5.61. The Morgan fingerprint density at radius 1 is 1.62 bits per heavy atom. The van der Waals surface area contributed by atoms with E-state index >= 15 is 0 Å². The van der Waals surface area contributed by atoms with Gasteiger partial charge >= 0.3 is 0 Å². The van der Waals surface area contributed by atoms with Crippen LogP contribution in [0.2, 0.25) is 0 Å². The van der Waals surface area contributed by atoms with Gasteiger partial charge in [-0.2, -0.15) is 0 Å². The first-order valence-electron chi connectivity index (χ1n) is 5.61. The summed E-state index contributed by atoms with van der Waals surface area (Å²) in [6.45, 7) is 0. The number of aromatic nitrogens is 1. The number of rotatable bonds is 4. The Hall–Kier alpha value is -1.42. The molecule has 2 N–H and O–H groups in total. The lowest BCUT2D eigenvalue weighted by molar-refractivity contribution is -0.118. The summed E-state index contributed by atoms with van der Waals surface area (Å²) < 4.78 is 0. The molecule has 86 valence electrons. The molecule has 0 aromatic carbocycles. The van der Waals surface area contributed by atoms with Crippen molar-refractivity contribution in [1.82, 2.24) is 4.98 Å². The summed E-state index contributed by atoms with van der Waals surface area (Å²) in [5, 5.41) is 0. The van der Waals surface area contributed by atoms with E-state index in [2.05, 4.69) is 4.98 Å². The molecular weight excluding hydrogens is 202 g/mol. The molecule has 0 bridgehead atoms. The van der Waals surface area contributed by atoms with Crippen LogP contribution in [0.25, 0.3) is 0 Å². The SMILES string of the molecule is CN(C(=O)CC(N)C1CC1)c1ccccn1. The number of hydrogen-bond donors (Lipinski definition) is 1. The average Bonchev–Trinajstić information content (AvgIpc) is 3.13. The molecule has 4 heteroatoms. The van der Waals surface area contributed by atoms with Gasteiger partial charge in [-0.3, -0.25) is 9.69 Å². The van der Waals surface area contributed by atoms with Crippen LogP contribution in [0.3, 0.4) is 0 Å². The molecule has 1 fully saturated rings. The van der Waals surface area contributed by atoms with Crippen molar-refractivity contribution >= 4 is 11.7 Å². The van der Waals surface area contributed by atoms with E-state index in [4.69, 9.17) is 5.73 Å². The van der Waals surface area contributed by atoms with E-state index in [-0.39, 0.29) is 11.9 Å². The van der Waals surface area contributed by atoms with Gasteiger partial charge in [0.05, 0.1) is 0 Å². The van der Waals surface area contributed by atoms with Crippen LogP contribution in [-0.4, -0.2) is 24.0 Å². The molecule has 1 aliphatic carbocycles. The highest BCUT2D eigenvalue weighted by atomic mass is 16.2. The monoisotopic (exact) mass is 219 g/mol. The third kappa shape index (κ3) is 2.58. The van der Waals surface area contributed by atoms with Crippen LogP contribution >= 0.6 is 0 Å². The normalized spacial score (nSPS) is 16.9. The largest absolute Gasteiger partial charge is 0.327 e. The minimum absolute atomic E-state index is 0.0127. The lowest BCUT2D eigenvalue weighted by Gasteiger charge is -2.18. The highest BCUT2D eigenvalue weighted by molar-refractivity contribution is 5.92. The Morgan fingerprint density at radius 2 is 2.38 bits per heavy atom. The Bertz CT molecular complexity index is 362. The maximum absolute atomic E-state index is 11.9. The fourth-order valence-electron chi connectivity index (χ4n) is 1.71. The lowest BCUT2D eigenvalue weighted by Crippen LogP contribution is -2.34. The van der Waals surface area contributed by atoms with Gasteiger partial charge < -0.3 is 5.73 Å². The molecule has 1 aliphatic rings. The number of pyridine rings is 1. The predicted molar refractivity (Wildman–Crippen MR) is 63.0 cm³/mol. The maximum Gasteiger partial charge on any atom is 0.229 e. The topological polar surface area (TPSA) is 59.2 Å². The van der Waals surface area contributed by atoms with Gasteiger partial charge in [-0.25, -0.2) is 4.98 Å². The fourth-order valence-corrected chi connectivity index (χ4v) is 1.71. The standard InChI is InChI=1S/C12H17N3O/c1-15(11-4-2-3-7-14-11)12(16)8-10(13)9-5-6-9/h2-4,7,9-10H,5-6,8,13H2,1H3. The molecule has 1 atom stereocenters.